The van der Waals surface area contributed by atoms with Crippen molar-refractivity contribution in [3.8, 4) is 0 Å². The Balaban J connectivity index is 4.79. The van der Waals surface area contributed by atoms with Crippen LogP contribution in [0.5, 0.6) is 0 Å². The maximum atomic E-state index is 11.4. The van der Waals surface area contributed by atoms with Crippen LogP contribution in [0.3, 0.4) is 0 Å². The lowest BCUT2D eigenvalue weighted by atomic mass is 9.91. The van der Waals surface area contributed by atoms with Crippen LogP contribution in [-0.2, 0) is 9.53 Å². The lowest BCUT2D eigenvalue weighted by Crippen LogP contribution is -2.42. The number of allylic oxidation sites excluding steroid dienone is 1. The van der Waals surface area contributed by atoms with Gasteiger partial charge >= 0.3 is 5.97 Å². The summed E-state index contributed by atoms with van der Waals surface area (Å²) in [6, 6.07) is 0. The predicted molar refractivity (Wildman–Crippen MR) is 62.0 cm³/mol. The summed E-state index contributed by atoms with van der Waals surface area (Å²) in [6.07, 6.45) is -0.704. The predicted octanol–water partition coefficient (Wildman–Crippen LogP) is 2.18. The number of aliphatic hydroxyl groups excluding tert-OH is 1. The highest BCUT2D eigenvalue weighted by Gasteiger charge is 2.35. The first kappa shape index (κ1) is 15.0. The number of ether oxygens (including phenoxy) is 1. The number of rotatable bonds is 4. The van der Waals surface area contributed by atoms with Crippen LogP contribution in [0.2, 0.25) is 0 Å². The van der Waals surface area contributed by atoms with Crippen LogP contribution in [0.4, 0.5) is 0 Å². The maximum Gasteiger partial charge on any atom is 0.308 e. The van der Waals surface area contributed by atoms with Gasteiger partial charge in [0, 0.05) is 0 Å². The fourth-order valence-corrected chi connectivity index (χ4v) is 1.10. The van der Waals surface area contributed by atoms with E-state index in [1.165, 1.54) is 13.8 Å². The molecule has 0 amide bonds. The fraction of sp³-hybridized carbons (Fsp3) is 0.750. The van der Waals surface area contributed by atoms with Crippen LogP contribution in [0.25, 0.3) is 0 Å². The Morgan fingerprint density at radius 3 is 2.00 bits per heavy atom. The van der Waals surface area contributed by atoms with Crippen molar-refractivity contribution in [2.45, 2.75) is 53.2 Å². The number of carbonyl (C=O) groups excluding carboxylic acids is 1. The van der Waals surface area contributed by atoms with Crippen LogP contribution in [0.15, 0.2) is 11.3 Å². The molecule has 2 unspecified atom stereocenters. The third-order valence-corrected chi connectivity index (χ3v) is 2.86. The average molecular weight is 230 g/mol. The SMILES string of the molecule is C/C(O)=C(/C)C(C)(O)C(C)OC(=O)C(C)C. The quantitative estimate of drug-likeness (QED) is 0.574. The fourth-order valence-electron chi connectivity index (χ4n) is 1.10. The Labute approximate surface area is 96.9 Å². The van der Waals surface area contributed by atoms with Gasteiger partial charge in [0.15, 0.2) is 0 Å². The molecule has 0 spiro atoms. The van der Waals surface area contributed by atoms with E-state index in [4.69, 9.17) is 4.74 Å². The van der Waals surface area contributed by atoms with Crippen LogP contribution < -0.4 is 0 Å². The first-order valence-corrected chi connectivity index (χ1v) is 5.40. The van der Waals surface area contributed by atoms with Gasteiger partial charge in [-0.2, -0.15) is 0 Å². The third-order valence-electron chi connectivity index (χ3n) is 2.86. The summed E-state index contributed by atoms with van der Waals surface area (Å²) in [6.45, 7) is 9.66. The Kier molecular flexibility index (Phi) is 5.00. The first-order chi connectivity index (χ1) is 7.10. The van der Waals surface area contributed by atoms with Crippen molar-refractivity contribution in [2.24, 2.45) is 5.92 Å². The molecule has 0 rings (SSSR count). The second-order valence-electron chi connectivity index (χ2n) is 4.59. The van der Waals surface area contributed by atoms with Crippen molar-refractivity contribution in [3.05, 3.63) is 11.3 Å². The zero-order chi connectivity index (χ0) is 13.1. The van der Waals surface area contributed by atoms with E-state index in [-0.39, 0.29) is 17.6 Å². The van der Waals surface area contributed by atoms with E-state index in [0.717, 1.165) is 0 Å². The normalized spacial score (nSPS) is 18.8. The van der Waals surface area contributed by atoms with E-state index >= 15 is 0 Å². The Morgan fingerprint density at radius 1 is 1.25 bits per heavy atom. The molecule has 0 aliphatic heterocycles. The lowest BCUT2D eigenvalue weighted by molar-refractivity contribution is -0.162. The molecule has 0 bridgehead atoms. The molecule has 0 aliphatic carbocycles. The Morgan fingerprint density at radius 2 is 1.69 bits per heavy atom. The zero-order valence-corrected chi connectivity index (χ0v) is 10.9. The van der Waals surface area contributed by atoms with E-state index < -0.39 is 11.7 Å². The maximum absolute atomic E-state index is 11.4. The molecule has 4 nitrogen and oxygen atoms in total. The third kappa shape index (κ3) is 3.52. The summed E-state index contributed by atoms with van der Waals surface area (Å²) in [7, 11) is 0. The molecular formula is C12H22O4. The highest BCUT2D eigenvalue weighted by Crippen LogP contribution is 2.25. The van der Waals surface area contributed by atoms with Gasteiger partial charge in [-0.15, -0.1) is 0 Å². The summed E-state index contributed by atoms with van der Waals surface area (Å²) >= 11 is 0. The van der Waals surface area contributed by atoms with Crippen molar-refractivity contribution >= 4 is 5.97 Å². The van der Waals surface area contributed by atoms with Crippen LogP contribution in [-0.4, -0.2) is 27.9 Å². The summed E-state index contributed by atoms with van der Waals surface area (Å²) < 4.78 is 5.11. The molecule has 0 radical (unpaired) electrons. The van der Waals surface area contributed by atoms with Gasteiger partial charge in [0.05, 0.1) is 11.7 Å². The summed E-state index contributed by atoms with van der Waals surface area (Å²) in [5.74, 6) is -0.564. The molecule has 0 heterocycles. The van der Waals surface area contributed by atoms with E-state index in [9.17, 15) is 15.0 Å². The summed E-state index contributed by atoms with van der Waals surface area (Å²) in [5, 5.41) is 19.5. The minimum atomic E-state index is -1.36. The van der Waals surface area contributed by atoms with Crippen LogP contribution in [0, 0.1) is 5.92 Å². The van der Waals surface area contributed by atoms with Gasteiger partial charge in [0.2, 0.25) is 0 Å². The van der Waals surface area contributed by atoms with Crippen molar-refractivity contribution in [2.75, 3.05) is 0 Å². The minimum Gasteiger partial charge on any atom is -0.513 e. The highest BCUT2D eigenvalue weighted by molar-refractivity contribution is 5.71. The molecule has 0 aromatic carbocycles. The topological polar surface area (TPSA) is 66.8 Å². The molecule has 4 heteroatoms. The number of esters is 1. The molecular weight excluding hydrogens is 208 g/mol. The van der Waals surface area contributed by atoms with Gasteiger partial charge in [-0.25, -0.2) is 0 Å². The number of hydrogen-bond donors (Lipinski definition) is 2. The lowest BCUT2D eigenvalue weighted by Gasteiger charge is -2.31. The van der Waals surface area contributed by atoms with Gasteiger partial charge in [-0.1, -0.05) is 13.8 Å². The van der Waals surface area contributed by atoms with Crippen molar-refractivity contribution in [3.63, 3.8) is 0 Å². The van der Waals surface area contributed by atoms with E-state index in [2.05, 4.69) is 0 Å². The molecule has 2 atom stereocenters. The van der Waals surface area contributed by atoms with Gasteiger partial charge in [-0.05, 0) is 33.3 Å². The van der Waals surface area contributed by atoms with E-state index in [0.29, 0.717) is 5.57 Å². The number of carbonyl (C=O) groups is 1. The van der Waals surface area contributed by atoms with E-state index in [1.54, 1.807) is 27.7 Å². The van der Waals surface area contributed by atoms with Gasteiger partial charge < -0.3 is 14.9 Å². The molecule has 94 valence electrons. The molecule has 0 saturated carbocycles. The average Bonchev–Trinajstić information content (AvgIpc) is 2.15. The molecule has 16 heavy (non-hydrogen) atoms. The van der Waals surface area contributed by atoms with Gasteiger partial charge in [0.25, 0.3) is 0 Å². The van der Waals surface area contributed by atoms with Crippen molar-refractivity contribution in [1.29, 1.82) is 0 Å². The van der Waals surface area contributed by atoms with Crippen LogP contribution >= 0.6 is 0 Å². The second kappa shape index (κ2) is 5.34. The van der Waals surface area contributed by atoms with Crippen molar-refractivity contribution < 1.29 is 19.7 Å². The highest BCUT2D eigenvalue weighted by atomic mass is 16.6. The smallest absolute Gasteiger partial charge is 0.308 e. The Bertz CT molecular complexity index is 285. The summed E-state index contributed by atoms with van der Waals surface area (Å²) in [4.78, 5) is 11.4. The minimum absolute atomic E-state index is 0.0393. The molecule has 0 aliphatic rings. The molecule has 2 N–H and O–H groups in total. The monoisotopic (exact) mass is 230 g/mol. The van der Waals surface area contributed by atoms with E-state index in [1.807, 2.05) is 0 Å². The molecule has 0 fully saturated rings. The number of aliphatic hydroxyl groups is 2. The molecule has 0 aromatic rings. The standard InChI is InChI=1S/C12H22O4/c1-7(2)11(14)16-10(5)12(6,15)8(3)9(4)13/h7,10,13,15H,1-6H3/b9-8+. The Hall–Kier alpha value is -1.03. The van der Waals surface area contributed by atoms with Crippen molar-refractivity contribution in [1.82, 2.24) is 0 Å². The largest absolute Gasteiger partial charge is 0.513 e. The number of hydrogen-bond acceptors (Lipinski definition) is 4. The first-order valence-electron chi connectivity index (χ1n) is 5.40. The zero-order valence-electron chi connectivity index (χ0n) is 10.9. The van der Waals surface area contributed by atoms with Crippen LogP contribution in [0.1, 0.15) is 41.5 Å². The van der Waals surface area contributed by atoms with Gasteiger partial charge in [-0.3, -0.25) is 4.79 Å². The summed E-state index contributed by atoms with van der Waals surface area (Å²) in [5.41, 5.74) is -0.958. The molecule has 0 aromatic heterocycles. The molecule has 0 saturated heterocycles. The van der Waals surface area contributed by atoms with Gasteiger partial charge in [0.1, 0.15) is 11.7 Å². The second-order valence-corrected chi connectivity index (χ2v) is 4.59.